The Bertz CT molecular complexity index is 1190. The molecule has 0 aliphatic carbocycles. The quantitative estimate of drug-likeness (QED) is 0.291. The van der Waals surface area contributed by atoms with Gasteiger partial charge < -0.3 is 9.47 Å². The van der Waals surface area contributed by atoms with E-state index in [0.29, 0.717) is 11.4 Å². The maximum atomic E-state index is 14.9. The highest BCUT2D eigenvalue weighted by Gasteiger charge is 2.20. The van der Waals surface area contributed by atoms with Gasteiger partial charge in [-0.2, -0.15) is 0 Å². The van der Waals surface area contributed by atoms with Gasteiger partial charge in [0.15, 0.2) is 0 Å². The smallest absolute Gasteiger partial charge is 0.124 e. The number of ether oxygens (including phenoxy) is 2. The molecule has 0 unspecified atom stereocenters. The lowest BCUT2D eigenvalue weighted by Gasteiger charge is -2.22. The predicted molar refractivity (Wildman–Crippen MR) is 140 cm³/mol. The van der Waals surface area contributed by atoms with Crippen LogP contribution in [0, 0.1) is 11.6 Å². The van der Waals surface area contributed by atoms with Crippen molar-refractivity contribution in [1.29, 1.82) is 0 Å². The van der Waals surface area contributed by atoms with Crippen LogP contribution in [0.2, 0.25) is 5.02 Å². The van der Waals surface area contributed by atoms with E-state index in [9.17, 15) is 8.78 Å². The molecule has 0 bridgehead atoms. The minimum absolute atomic E-state index is 0.112. The fourth-order valence-electron chi connectivity index (χ4n) is 4.77. The first-order valence-corrected chi connectivity index (χ1v) is 12.5. The molecule has 0 aliphatic rings. The number of rotatable bonds is 9. The average Bonchev–Trinajstić information content (AvgIpc) is 2.76. The summed E-state index contributed by atoms with van der Waals surface area (Å²) in [5.41, 5.74) is 5.32. The van der Waals surface area contributed by atoms with Crippen LogP contribution in [-0.4, -0.2) is 7.11 Å². The summed E-state index contributed by atoms with van der Waals surface area (Å²) in [5.74, 6) is 1.26. The van der Waals surface area contributed by atoms with E-state index in [4.69, 9.17) is 21.1 Å². The van der Waals surface area contributed by atoms with Crippen molar-refractivity contribution in [2.24, 2.45) is 0 Å². The molecule has 3 rings (SSSR count). The van der Waals surface area contributed by atoms with Crippen molar-refractivity contribution < 1.29 is 18.3 Å². The Hall–Kier alpha value is -2.59. The van der Waals surface area contributed by atoms with Crippen molar-refractivity contribution in [3.8, 4) is 11.5 Å². The van der Waals surface area contributed by atoms with E-state index in [1.54, 1.807) is 19.2 Å². The second-order valence-corrected chi connectivity index (χ2v) is 10.3. The molecule has 3 aromatic rings. The van der Waals surface area contributed by atoms with Crippen LogP contribution in [0.1, 0.15) is 92.7 Å². The van der Waals surface area contributed by atoms with E-state index in [2.05, 4.69) is 27.7 Å². The van der Waals surface area contributed by atoms with Gasteiger partial charge in [0.1, 0.15) is 29.7 Å². The SMILES string of the molecule is COc1ccc(OCc2cc(F)cc(Cc3cc(F)cc(Cl)c3C(C)C)c2C(C)C)c(C(C)C)c1. The molecule has 0 aromatic heterocycles. The lowest BCUT2D eigenvalue weighted by Crippen LogP contribution is -2.09. The molecule has 2 nitrogen and oxygen atoms in total. The van der Waals surface area contributed by atoms with Crippen LogP contribution >= 0.6 is 11.6 Å². The first-order valence-electron chi connectivity index (χ1n) is 12.1. The van der Waals surface area contributed by atoms with Gasteiger partial charge in [0.05, 0.1) is 7.11 Å². The summed E-state index contributed by atoms with van der Waals surface area (Å²) in [6.07, 6.45) is 0.392. The Morgan fingerprint density at radius 3 is 1.89 bits per heavy atom. The van der Waals surface area contributed by atoms with Gasteiger partial charge in [-0.25, -0.2) is 8.78 Å². The Labute approximate surface area is 213 Å². The highest BCUT2D eigenvalue weighted by atomic mass is 35.5. The number of halogens is 3. The standard InChI is InChI=1S/C30H35ClF2O2/c1-17(2)26-15-25(34-7)8-9-28(26)35-16-22-13-23(32)11-20(29(22)18(3)4)10-21-12-24(33)14-27(31)30(21)19(5)6/h8-9,11-15,17-19H,10,16H2,1-7H3. The van der Waals surface area contributed by atoms with Crippen LogP contribution in [-0.2, 0) is 13.0 Å². The summed E-state index contributed by atoms with van der Waals surface area (Å²) in [6, 6.07) is 11.7. The van der Waals surface area contributed by atoms with E-state index in [0.717, 1.165) is 44.9 Å². The molecular weight excluding hydrogens is 466 g/mol. The summed E-state index contributed by atoms with van der Waals surface area (Å²) in [7, 11) is 1.64. The lowest BCUT2D eigenvalue weighted by atomic mass is 9.86. The lowest BCUT2D eigenvalue weighted by molar-refractivity contribution is 0.298. The van der Waals surface area contributed by atoms with E-state index >= 15 is 0 Å². The highest BCUT2D eigenvalue weighted by Crippen LogP contribution is 2.35. The molecule has 0 amide bonds. The molecule has 0 atom stereocenters. The number of hydrogen-bond acceptors (Lipinski definition) is 2. The fraction of sp³-hybridized carbons (Fsp3) is 0.400. The molecule has 0 N–H and O–H groups in total. The van der Waals surface area contributed by atoms with Gasteiger partial charge in [0.2, 0.25) is 0 Å². The predicted octanol–water partition coefficient (Wildman–Crippen LogP) is 9.17. The summed E-state index contributed by atoms with van der Waals surface area (Å²) < 4.78 is 40.7. The summed E-state index contributed by atoms with van der Waals surface area (Å²) in [4.78, 5) is 0. The summed E-state index contributed by atoms with van der Waals surface area (Å²) in [5, 5.41) is 0.404. The van der Waals surface area contributed by atoms with Crippen LogP contribution in [0.3, 0.4) is 0 Å². The number of benzene rings is 3. The van der Waals surface area contributed by atoms with Crippen molar-refractivity contribution >= 4 is 11.6 Å². The molecule has 0 heterocycles. The second kappa shape index (κ2) is 11.4. The molecule has 0 spiro atoms. The topological polar surface area (TPSA) is 18.5 Å². The molecule has 3 aromatic carbocycles. The van der Waals surface area contributed by atoms with Crippen molar-refractivity contribution in [2.45, 2.75) is 72.3 Å². The molecule has 188 valence electrons. The Morgan fingerprint density at radius 2 is 1.31 bits per heavy atom. The molecule has 0 aliphatic heterocycles. The van der Waals surface area contributed by atoms with E-state index in [1.165, 1.54) is 12.1 Å². The van der Waals surface area contributed by atoms with Gasteiger partial charge in [0.25, 0.3) is 0 Å². The second-order valence-electron chi connectivity index (χ2n) is 9.93. The van der Waals surface area contributed by atoms with Gasteiger partial charge >= 0.3 is 0 Å². The largest absolute Gasteiger partial charge is 0.497 e. The van der Waals surface area contributed by atoms with Crippen LogP contribution < -0.4 is 9.47 Å². The van der Waals surface area contributed by atoms with E-state index in [-0.39, 0.29) is 36.0 Å². The van der Waals surface area contributed by atoms with Gasteiger partial charge in [-0.15, -0.1) is 0 Å². The third-order valence-electron chi connectivity index (χ3n) is 6.25. The summed E-state index contributed by atoms with van der Waals surface area (Å²) in [6.45, 7) is 12.6. The molecule has 0 fully saturated rings. The van der Waals surface area contributed by atoms with Crippen molar-refractivity contribution in [1.82, 2.24) is 0 Å². The monoisotopic (exact) mass is 500 g/mol. The normalized spacial score (nSPS) is 11.6. The van der Waals surface area contributed by atoms with Gasteiger partial charge in [-0.3, -0.25) is 0 Å². The van der Waals surface area contributed by atoms with Gasteiger partial charge in [-0.1, -0.05) is 53.1 Å². The van der Waals surface area contributed by atoms with Gasteiger partial charge in [0, 0.05) is 10.6 Å². The molecule has 35 heavy (non-hydrogen) atoms. The highest BCUT2D eigenvalue weighted by molar-refractivity contribution is 6.31. The maximum absolute atomic E-state index is 14.9. The van der Waals surface area contributed by atoms with Crippen molar-refractivity contribution in [3.05, 3.63) is 92.5 Å². The van der Waals surface area contributed by atoms with E-state index < -0.39 is 0 Å². The Morgan fingerprint density at radius 1 is 0.743 bits per heavy atom. The fourth-order valence-corrected chi connectivity index (χ4v) is 5.22. The van der Waals surface area contributed by atoms with Crippen LogP contribution in [0.15, 0.2) is 42.5 Å². The zero-order valence-corrected chi connectivity index (χ0v) is 22.4. The Balaban J connectivity index is 2.02. The van der Waals surface area contributed by atoms with Crippen LogP contribution in [0.25, 0.3) is 0 Å². The van der Waals surface area contributed by atoms with Crippen molar-refractivity contribution in [2.75, 3.05) is 7.11 Å². The molecule has 5 heteroatoms. The molecular formula is C30H35ClF2O2. The van der Waals surface area contributed by atoms with Crippen LogP contribution in [0.5, 0.6) is 11.5 Å². The first-order chi connectivity index (χ1) is 16.5. The zero-order chi connectivity index (χ0) is 25.9. The summed E-state index contributed by atoms with van der Waals surface area (Å²) >= 11 is 6.40. The zero-order valence-electron chi connectivity index (χ0n) is 21.6. The Kier molecular flexibility index (Phi) is 8.82. The molecule has 0 radical (unpaired) electrons. The first kappa shape index (κ1) is 27.0. The van der Waals surface area contributed by atoms with E-state index in [1.807, 2.05) is 32.0 Å². The van der Waals surface area contributed by atoms with Crippen molar-refractivity contribution in [3.63, 3.8) is 0 Å². The molecule has 0 saturated carbocycles. The average molecular weight is 501 g/mol. The maximum Gasteiger partial charge on any atom is 0.124 e. The number of methoxy groups -OCH3 is 1. The third kappa shape index (κ3) is 6.35. The molecule has 0 saturated heterocycles. The van der Waals surface area contributed by atoms with Crippen LogP contribution in [0.4, 0.5) is 8.78 Å². The number of hydrogen-bond donors (Lipinski definition) is 0. The minimum Gasteiger partial charge on any atom is -0.497 e. The minimum atomic E-state index is -0.388. The van der Waals surface area contributed by atoms with Gasteiger partial charge in [-0.05, 0) is 94.5 Å². The third-order valence-corrected chi connectivity index (χ3v) is 6.57.